The molecule has 1 atom stereocenters. The Hall–Kier alpha value is -4.41. The largest absolute Gasteiger partial charge is 0.464 e. The van der Waals surface area contributed by atoms with Crippen molar-refractivity contribution in [3.05, 3.63) is 81.4 Å². The van der Waals surface area contributed by atoms with Crippen LogP contribution >= 0.6 is 0 Å². The molecule has 0 radical (unpaired) electrons. The molecule has 30 heavy (non-hydrogen) atoms. The van der Waals surface area contributed by atoms with Crippen LogP contribution < -0.4 is 5.32 Å². The molecule has 0 bridgehead atoms. The molecule has 11 nitrogen and oxygen atoms in total. The molecule has 0 amide bonds. The Morgan fingerprint density at radius 3 is 2.47 bits per heavy atom. The first kappa shape index (κ1) is 18.9. The first-order valence-electron chi connectivity index (χ1n) is 8.73. The number of hydrogen-bond donors (Lipinski definition) is 1. The smallest absolute Gasteiger partial charge is 0.357 e. The molecule has 1 N–H and O–H groups in total. The SMILES string of the molecule is COC(=O)C1=C(C(=O)c2ccccc2)C(c2ccc([N+](=O)[O-])cc2)Nc2nnnn21. The number of anilines is 1. The molecule has 0 aliphatic carbocycles. The predicted molar refractivity (Wildman–Crippen MR) is 103 cm³/mol. The highest BCUT2D eigenvalue weighted by atomic mass is 16.6. The number of aromatic nitrogens is 4. The van der Waals surface area contributed by atoms with Crippen molar-refractivity contribution in [3.8, 4) is 0 Å². The number of methoxy groups -OCH3 is 1. The van der Waals surface area contributed by atoms with Crippen LogP contribution in [-0.4, -0.2) is 44.0 Å². The van der Waals surface area contributed by atoms with Crippen LogP contribution in [0.25, 0.3) is 5.70 Å². The number of tetrazole rings is 1. The number of nitrogens with one attached hydrogen (secondary N) is 1. The van der Waals surface area contributed by atoms with Crippen LogP contribution in [0.1, 0.15) is 22.0 Å². The summed E-state index contributed by atoms with van der Waals surface area (Å²) in [5.41, 5.74) is 0.678. The molecule has 1 aliphatic heterocycles. The van der Waals surface area contributed by atoms with Crippen LogP contribution in [0, 0.1) is 10.1 Å². The van der Waals surface area contributed by atoms with Crippen LogP contribution in [0.5, 0.6) is 0 Å². The fourth-order valence-corrected chi connectivity index (χ4v) is 3.20. The van der Waals surface area contributed by atoms with E-state index in [-0.39, 0.29) is 22.9 Å². The van der Waals surface area contributed by atoms with Gasteiger partial charge in [-0.2, -0.15) is 4.68 Å². The van der Waals surface area contributed by atoms with Crippen molar-refractivity contribution in [1.29, 1.82) is 0 Å². The van der Waals surface area contributed by atoms with Crippen molar-refractivity contribution >= 4 is 29.1 Å². The van der Waals surface area contributed by atoms with Crippen LogP contribution in [0.3, 0.4) is 0 Å². The van der Waals surface area contributed by atoms with Gasteiger partial charge in [0.1, 0.15) is 0 Å². The fraction of sp³-hybridized carbons (Fsp3) is 0.105. The van der Waals surface area contributed by atoms with Gasteiger partial charge in [0.05, 0.1) is 23.6 Å². The zero-order valence-electron chi connectivity index (χ0n) is 15.6. The van der Waals surface area contributed by atoms with E-state index in [0.717, 1.165) is 4.68 Å². The van der Waals surface area contributed by atoms with Crippen molar-refractivity contribution in [2.45, 2.75) is 6.04 Å². The number of carbonyl (C=O) groups is 2. The lowest BCUT2D eigenvalue weighted by atomic mass is 9.89. The Kier molecular flexibility index (Phi) is 4.76. The number of Topliss-reactive ketones (excluding diaryl/α,β-unsaturated/α-hetero) is 1. The van der Waals surface area contributed by atoms with Gasteiger partial charge in [-0.15, -0.1) is 0 Å². The average Bonchev–Trinajstić information content (AvgIpc) is 3.26. The number of carbonyl (C=O) groups excluding carboxylic acids is 2. The second-order valence-corrected chi connectivity index (χ2v) is 6.29. The zero-order valence-corrected chi connectivity index (χ0v) is 15.6. The summed E-state index contributed by atoms with van der Waals surface area (Å²) in [4.78, 5) is 36.5. The Bertz CT molecular complexity index is 1170. The first-order valence-corrected chi connectivity index (χ1v) is 8.73. The maximum atomic E-state index is 13.4. The van der Waals surface area contributed by atoms with Crippen molar-refractivity contribution in [3.63, 3.8) is 0 Å². The number of non-ortho nitro benzene ring substituents is 1. The fourth-order valence-electron chi connectivity index (χ4n) is 3.20. The molecule has 0 spiro atoms. The Morgan fingerprint density at radius 1 is 1.13 bits per heavy atom. The molecule has 11 heteroatoms. The summed E-state index contributed by atoms with van der Waals surface area (Å²) < 4.78 is 5.99. The molecular formula is C19H14N6O5. The minimum atomic E-state index is -0.842. The third-order valence-electron chi connectivity index (χ3n) is 4.60. The molecule has 2 heterocycles. The van der Waals surface area contributed by atoms with Crippen molar-refractivity contribution in [1.82, 2.24) is 20.2 Å². The van der Waals surface area contributed by atoms with Crippen LogP contribution in [0.4, 0.5) is 11.6 Å². The van der Waals surface area contributed by atoms with E-state index < -0.39 is 22.7 Å². The number of nitro benzene ring substituents is 1. The Labute approximate surface area is 169 Å². The highest BCUT2D eigenvalue weighted by Crippen LogP contribution is 2.37. The van der Waals surface area contributed by atoms with Gasteiger partial charge in [0, 0.05) is 17.7 Å². The zero-order chi connectivity index (χ0) is 21.3. The molecule has 1 unspecified atom stereocenters. The summed E-state index contributed by atoms with van der Waals surface area (Å²) in [5.74, 6) is -1.10. The summed E-state index contributed by atoms with van der Waals surface area (Å²) in [6.07, 6.45) is 0. The second-order valence-electron chi connectivity index (χ2n) is 6.29. The first-order chi connectivity index (χ1) is 14.5. The molecule has 3 aromatic rings. The van der Waals surface area contributed by atoms with Gasteiger partial charge in [0.2, 0.25) is 5.95 Å². The third-order valence-corrected chi connectivity index (χ3v) is 4.60. The van der Waals surface area contributed by atoms with Crippen LogP contribution in [0.2, 0.25) is 0 Å². The molecule has 1 aliphatic rings. The number of nitro groups is 1. The van der Waals surface area contributed by atoms with Crippen molar-refractivity contribution in [2.75, 3.05) is 12.4 Å². The number of ether oxygens (including phenoxy) is 1. The van der Waals surface area contributed by atoms with Gasteiger partial charge in [-0.05, 0) is 28.1 Å². The minimum Gasteiger partial charge on any atom is -0.464 e. The molecule has 0 fully saturated rings. The molecule has 150 valence electrons. The molecule has 4 rings (SSSR count). The van der Waals surface area contributed by atoms with Gasteiger partial charge >= 0.3 is 5.97 Å². The number of fused-ring (bicyclic) bond motifs is 1. The van der Waals surface area contributed by atoms with E-state index >= 15 is 0 Å². The lowest BCUT2D eigenvalue weighted by molar-refractivity contribution is -0.384. The maximum Gasteiger partial charge on any atom is 0.357 e. The standard InChI is InChI=1S/C19H14N6O5/c1-30-18(27)16-14(17(26)12-5-3-2-4-6-12)15(20-19-21-22-23-24(16)19)11-7-9-13(10-8-11)25(28)29/h2-10,15H,1H3,(H,20,21,23). The molecule has 0 saturated carbocycles. The Balaban J connectivity index is 1.93. The van der Waals surface area contributed by atoms with Crippen LogP contribution in [-0.2, 0) is 9.53 Å². The summed E-state index contributed by atoms with van der Waals surface area (Å²) in [6.45, 7) is 0. The monoisotopic (exact) mass is 406 g/mol. The molecule has 1 aromatic heterocycles. The summed E-state index contributed by atoms with van der Waals surface area (Å²) >= 11 is 0. The average molecular weight is 406 g/mol. The van der Waals surface area contributed by atoms with Gasteiger partial charge in [0.25, 0.3) is 5.69 Å². The van der Waals surface area contributed by atoms with Crippen LogP contribution in [0.15, 0.2) is 60.2 Å². The quantitative estimate of drug-likeness (QED) is 0.291. The normalized spacial score (nSPS) is 15.2. The highest BCUT2D eigenvalue weighted by Gasteiger charge is 2.38. The second kappa shape index (κ2) is 7.54. The lowest BCUT2D eigenvalue weighted by Gasteiger charge is -2.28. The summed E-state index contributed by atoms with van der Waals surface area (Å²) in [6, 6.07) is 13.2. The van der Waals surface area contributed by atoms with Gasteiger partial charge in [-0.1, -0.05) is 35.4 Å². The number of benzene rings is 2. The molecule has 0 saturated heterocycles. The third kappa shape index (κ3) is 3.17. The van der Waals surface area contributed by atoms with E-state index in [0.29, 0.717) is 11.1 Å². The molecular weight excluding hydrogens is 392 g/mol. The van der Waals surface area contributed by atoms with E-state index in [1.807, 2.05) is 0 Å². The maximum absolute atomic E-state index is 13.4. The topological polar surface area (TPSA) is 142 Å². The van der Waals surface area contributed by atoms with Crippen molar-refractivity contribution in [2.24, 2.45) is 0 Å². The lowest BCUT2D eigenvalue weighted by Crippen LogP contribution is -2.31. The van der Waals surface area contributed by atoms with Gasteiger partial charge in [0.15, 0.2) is 11.5 Å². The number of esters is 1. The van der Waals surface area contributed by atoms with E-state index in [1.54, 1.807) is 30.3 Å². The van der Waals surface area contributed by atoms with E-state index in [9.17, 15) is 19.7 Å². The molecule has 2 aromatic carbocycles. The minimum absolute atomic E-state index is 0.0571. The number of nitrogens with zero attached hydrogens (tertiary/aromatic N) is 5. The van der Waals surface area contributed by atoms with E-state index in [2.05, 4.69) is 20.8 Å². The number of ketones is 1. The number of rotatable bonds is 5. The summed E-state index contributed by atoms with van der Waals surface area (Å²) in [5, 5.41) is 25.2. The van der Waals surface area contributed by atoms with Crippen molar-refractivity contribution < 1.29 is 19.2 Å². The summed E-state index contributed by atoms with van der Waals surface area (Å²) in [7, 11) is 1.19. The number of hydrogen-bond acceptors (Lipinski definition) is 9. The van der Waals surface area contributed by atoms with E-state index in [4.69, 9.17) is 4.74 Å². The highest BCUT2D eigenvalue weighted by molar-refractivity contribution is 6.24. The van der Waals surface area contributed by atoms with Gasteiger partial charge in [-0.25, -0.2) is 4.79 Å². The van der Waals surface area contributed by atoms with E-state index in [1.165, 1.54) is 31.4 Å². The predicted octanol–water partition coefficient (Wildman–Crippen LogP) is 2.02. The van der Waals surface area contributed by atoms with Gasteiger partial charge in [-0.3, -0.25) is 14.9 Å². The van der Waals surface area contributed by atoms with Gasteiger partial charge < -0.3 is 10.1 Å². The Morgan fingerprint density at radius 2 is 1.83 bits per heavy atom.